The SMILES string of the molecule is [2H]C([2H])([2H])c1c[n+](C)c(-c2cc(C([2H])(C)C([2H])([2H])[2H])c(C([2H])([2H])[2H])cc2C)cc1C.[2H]C([2H])([2H])c1c[n+](C)c(-c2cc(C)c(C([2H])(C)C([2H])([2H])[2H])cc2C)cc1C.[2H]C([2H])([2H])c1cc(C)c(-c2cc(C([2H])(C)C([2H])([2H])[2H])c(C([2H])([2H])[2H])c[n+]2C)cc1C([2H])(C)C([2H])([2H])[2H].[2H]C([2H])([2H])c1cc(C)c(-c2cc(C([2H])(C)C([2H])([2H])[2H])cc[n+]2C)cc1C.[2H]C([2H])([2H])c1ccc(-c2c(C)c(C)c(C([2H])([2H])[2H])c[n+]2C)c(C)c1. The monoisotopic (exact) mass is 1370 g/mol. The highest BCUT2D eigenvalue weighted by molar-refractivity contribution is 5.69. The molecule has 0 amide bonds. The summed E-state index contributed by atoms with van der Waals surface area (Å²) < 4.78 is 353. The highest BCUT2D eigenvalue weighted by atomic mass is 14.9. The molecule has 0 aliphatic heterocycles. The van der Waals surface area contributed by atoms with Crippen LogP contribution >= 0.6 is 0 Å². The fourth-order valence-electron chi connectivity index (χ4n) is 11.8. The minimum atomic E-state index is -2.88. The number of rotatable bonds is 10. The van der Waals surface area contributed by atoms with Crippen LogP contribution < -0.4 is 22.8 Å². The topological polar surface area (TPSA) is 19.4 Å². The average molecular weight is 1370 g/mol. The van der Waals surface area contributed by atoms with E-state index in [0.717, 1.165) is 81.0 Å². The van der Waals surface area contributed by atoms with E-state index in [2.05, 4.69) is 0 Å². The highest BCUT2D eigenvalue weighted by Gasteiger charge is 2.24. The predicted octanol–water partition coefficient (Wildman–Crippen LogP) is 22.4. The van der Waals surface area contributed by atoms with Gasteiger partial charge in [0.2, 0.25) is 28.5 Å². The average Bonchev–Trinajstić information content (AvgIpc) is 0.735. The number of nitrogens with zero attached hydrogens (tertiary/aromatic N) is 5. The maximum Gasteiger partial charge on any atom is 0.215 e. The molecule has 5 atom stereocenters. The summed E-state index contributed by atoms with van der Waals surface area (Å²) in [4.78, 5) is 0. The lowest BCUT2D eigenvalue weighted by atomic mass is 9.90. The first kappa shape index (κ1) is 37.5. The molecule has 524 valence electrons. The van der Waals surface area contributed by atoms with Crippen molar-refractivity contribution < 1.29 is 83.1 Å². The van der Waals surface area contributed by atoms with Gasteiger partial charge in [0.25, 0.3) is 0 Å². The normalized spacial score (nSPS) is 22.4. The van der Waals surface area contributed by atoms with Crippen LogP contribution in [0.3, 0.4) is 0 Å². The Hall–Kier alpha value is -8.15. The molecule has 0 aliphatic rings. The zero-order valence-electron chi connectivity index (χ0n) is 105. The van der Waals surface area contributed by atoms with Crippen LogP contribution in [0.5, 0.6) is 0 Å². The van der Waals surface area contributed by atoms with Gasteiger partial charge in [-0.05, 0) is 291 Å². The Balaban J connectivity index is 0.000000275. The lowest BCUT2D eigenvalue weighted by molar-refractivity contribution is -0.661. The predicted molar refractivity (Wildman–Crippen MR) is 426 cm³/mol. The van der Waals surface area contributed by atoms with Crippen molar-refractivity contribution in [2.24, 2.45) is 35.2 Å². The van der Waals surface area contributed by atoms with Crippen LogP contribution in [-0.4, -0.2) is 0 Å². The first-order valence-corrected chi connectivity index (χ1v) is 32.3. The molecule has 99 heavy (non-hydrogen) atoms. The van der Waals surface area contributed by atoms with E-state index in [9.17, 15) is 0 Å². The quantitative estimate of drug-likeness (QED) is 0.122. The Kier molecular flexibility index (Phi) is 12.8. The van der Waals surface area contributed by atoms with Crippen LogP contribution in [0.15, 0.2) is 128 Å². The van der Waals surface area contributed by atoms with E-state index in [4.69, 9.17) is 60.3 Å². The van der Waals surface area contributed by atoms with E-state index in [1.54, 1.807) is 136 Å². The minimum Gasteiger partial charge on any atom is -0.201 e. The van der Waals surface area contributed by atoms with Crippen molar-refractivity contribution >= 4 is 0 Å². The van der Waals surface area contributed by atoms with E-state index in [-0.39, 0.29) is 50.2 Å². The molecule has 5 heterocycles. The van der Waals surface area contributed by atoms with E-state index >= 15 is 0 Å². The van der Waals surface area contributed by atoms with Gasteiger partial charge >= 0.3 is 0 Å². The number of benzene rings is 5. The molecule has 5 aromatic heterocycles. The number of hydrogen-bond acceptors (Lipinski definition) is 0. The molecule has 5 nitrogen and oxygen atoms in total. The van der Waals surface area contributed by atoms with Crippen LogP contribution in [0.2, 0.25) is 0 Å². The Morgan fingerprint density at radius 3 is 1.12 bits per heavy atom. The van der Waals surface area contributed by atoms with Gasteiger partial charge in [-0.15, -0.1) is 0 Å². The van der Waals surface area contributed by atoms with Gasteiger partial charge in [-0.2, -0.15) is 0 Å². The molecule has 10 aromatic rings. The van der Waals surface area contributed by atoms with Crippen molar-refractivity contribution in [1.29, 1.82) is 0 Å². The molecule has 0 aliphatic carbocycles. The van der Waals surface area contributed by atoms with Crippen molar-refractivity contribution in [3.63, 3.8) is 0 Å². The Morgan fingerprint density at radius 1 is 0.273 bits per heavy atom. The standard InChI is InChI=1S/C21H30N.2C19H26N.C18H24N.C17H22N/c1-13(2)18-10-20(16(6)9-15(18)5)21-11-19(14(3)4)17(7)12-22(21)8;1-12(2)17-8-15(5)18(9-14(17)4)19-10-13(3)16(6)11-20(19)7;1-12(2)17-10-18(15(5)8-14(17)4)19-9-13(3)16(6)11-20(19)7;1-12(2)16-7-8-19(6)18(11-16)17-10-14(4)13(3)9-15(17)5;1-11-7-8-16(12(2)9-11)17-15(5)14(4)13(3)10-18(17)6/h9-14H,1-8H3;2*8-12H,1-7H3;7-12H,1-6H3;7-10H,1-6H3/q5*+1/i1D3,3D3,5D3,7D3,13D,14D;1D3,6D3,12D;1D3,4D3,6D3,12D;1D3,3D3,12D;1D3,3D3. The van der Waals surface area contributed by atoms with E-state index in [1.165, 1.54) is 75.1 Å². The second kappa shape index (κ2) is 33.8. The summed E-state index contributed by atoms with van der Waals surface area (Å²) in [6.07, 6.45) is 7.70. The van der Waals surface area contributed by atoms with Gasteiger partial charge in [0.05, 0.1) is 0 Å². The molecular weight excluding hydrogens is 1200 g/mol. The van der Waals surface area contributed by atoms with Crippen molar-refractivity contribution in [1.82, 2.24) is 0 Å². The Bertz CT molecular complexity index is 6290. The molecule has 0 bridgehead atoms. The second-order valence-electron chi connectivity index (χ2n) is 26.0. The smallest absolute Gasteiger partial charge is 0.201 e. The van der Waals surface area contributed by atoms with E-state index in [0.29, 0.717) is 72.5 Å². The van der Waals surface area contributed by atoms with Gasteiger partial charge in [0.15, 0.2) is 31.0 Å². The number of pyridine rings is 5. The van der Waals surface area contributed by atoms with Crippen LogP contribution in [0, 0.1) is 131 Å². The third-order valence-corrected chi connectivity index (χ3v) is 17.9. The zero-order valence-corrected chi connectivity index (χ0v) is 61.4. The first-order chi connectivity index (χ1) is 63.6. The molecule has 5 aromatic carbocycles. The van der Waals surface area contributed by atoms with Crippen LogP contribution in [0.4, 0.5) is 0 Å². The number of aromatic nitrogens is 5. The van der Waals surface area contributed by atoms with Gasteiger partial charge < -0.3 is 0 Å². The molecule has 0 fully saturated rings. The largest absolute Gasteiger partial charge is 0.215 e. The Labute approximate surface area is 664 Å². The van der Waals surface area contributed by atoms with Crippen molar-refractivity contribution in [2.75, 3.05) is 0 Å². The van der Waals surface area contributed by atoms with E-state index < -0.39 is 119 Å². The summed E-state index contributed by atoms with van der Waals surface area (Å²) in [5.41, 5.74) is 15.3. The molecular formula is C94H128N5+5. The maximum absolute atomic E-state index is 8.56. The molecule has 5 heteroatoms. The summed E-state index contributed by atoms with van der Waals surface area (Å²) in [6.45, 7) is -6.61. The summed E-state index contributed by atoms with van der Waals surface area (Å²) in [5, 5.41) is 0. The lowest BCUT2D eigenvalue weighted by Gasteiger charge is -2.16. The fraction of sp³-hybridized carbons (Fsp3) is 0.415. The minimum absolute atomic E-state index is 0.0966. The van der Waals surface area contributed by atoms with Crippen LogP contribution in [0.25, 0.3) is 56.3 Å². The first-order valence-electron chi connectivity index (χ1n) is 54.3. The summed E-state index contributed by atoms with van der Waals surface area (Å²) >= 11 is 0. The third-order valence-electron chi connectivity index (χ3n) is 17.9. The van der Waals surface area contributed by atoms with Gasteiger partial charge in [-0.25, -0.2) is 22.8 Å². The van der Waals surface area contributed by atoms with Gasteiger partial charge in [-0.3, -0.25) is 0 Å². The van der Waals surface area contributed by atoms with Crippen LogP contribution in [-0.2, 0) is 35.2 Å². The zero-order chi connectivity index (χ0) is 111. The van der Waals surface area contributed by atoms with Crippen LogP contribution in [0.1, 0.15) is 292 Å². The summed E-state index contributed by atoms with van der Waals surface area (Å²) in [6, 6.07) is 25.7. The van der Waals surface area contributed by atoms with E-state index in [1.807, 2.05) is 71.5 Å². The van der Waals surface area contributed by atoms with Crippen molar-refractivity contribution in [3.8, 4) is 56.3 Å². The number of aryl methyl sites for hydroxylation is 22. The molecule has 0 saturated heterocycles. The Morgan fingerprint density at radius 2 is 0.657 bits per heavy atom. The van der Waals surface area contributed by atoms with Gasteiger partial charge in [0, 0.05) is 146 Å². The second-order valence-corrected chi connectivity index (χ2v) is 26.0. The molecule has 0 radical (unpaired) electrons. The third kappa shape index (κ3) is 19.2. The molecule has 0 spiro atoms. The summed E-state index contributed by atoms with van der Waals surface area (Å²) in [5.74, 6) is -10.2. The summed E-state index contributed by atoms with van der Waals surface area (Å²) in [7, 11) is 8.62. The molecule has 5 unspecified atom stereocenters. The molecule has 10 rings (SSSR count). The van der Waals surface area contributed by atoms with Gasteiger partial charge in [0.1, 0.15) is 35.2 Å². The van der Waals surface area contributed by atoms with Crippen molar-refractivity contribution in [2.45, 2.75) is 229 Å². The molecule has 0 saturated carbocycles. The van der Waals surface area contributed by atoms with Gasteiger partial charge in [-0.1, -0.05) is 111 Å². The lowest BCUT2D eigenvalue weighted by Crippen LogP contribution is -2.33. The highest BCUT2D eigenvalue weighted by Crippen LogP contribution is 2.35. The molecule has 0 N–H and O–H groups in total. The fourth-order valence-corrected chi connectivity index (χ4v) is 11.8. The number of hydrogen-bond donors (Lipinski definition) is 0. The maximum atomic E-state index is 8.56. The van der Waals surface area contributed by atoms with Crippen molar-refractivity contribution in [3.05, 3.63) is 262 Å².